The molecule has 1 unspecified atom stereocenters. The van der Waals surface area contributed by atoms with E-state index < -0.39 is 6.61 Å². The number of hydrogen-bond donors (Lipinski definition) is 1. The molecule has 1 aromatic carbocycles. The highest BCUT2D eigenvalue weighted by molar-refractivity contribution is 7.98. The second kappa shape index (κ2) is 7.50. The van der Waals surface area contributed by atoms with Crippen LogP contribution in [-0.4, -0.2) is 25.2 Å². The van der Waals surface area contributed by atoms with Gasteiger partial charge < -0.3 is 10.1 Å². The van der Waals surface area contributed by atoms with Crippen LogP contribution in [0.4, 0.5) is 8.78 Å². The smallest absolute Gasteiger partial charge is 0.387 e. The maximum absolute atomic E-state index is 12.1. The van der Waals surface area contributed by atoms with Crippen LogP contribution in [0.15, 0.2) is 24.3 Å². The molecule has 0 aliphatic rings. The van der Waals surface area contributed by atoms with Crippen LogP contribution >= 0.6 is 11.8 Å². The molecular weight excluding hydrogens is 244 g/mol. The minimum atomic E-state index is -2.77. The lowest BCUT2D eigenvalue weighted by Gasteiger charge is -2.15. The third-order valence-electron chi connectivity index (χ3n) is 2.34. The highest BCUT2D eigenvalue weighted by Crippen LogP contribution is 2.20. The Bertz CT molecular complexity index is 336. The molecule has 0 bridgehead atoms. The fraction of sp³-hybridized carbons (Fsp3) is 0.500. The minimum absolute atomic E-state index is 0.128. The monoisotopic (exact) mass is 261 g/mol. The van der Waals surface area contributed by atoms with Gasteiger partial charge in [-0.15, -0.1) is 0 Å². The molecule has 0 saturated carbocycles. The molecule has 0 radical (unpaired) electrons. The van der Waals surface area contributed by atoms with Crippen LogP contribution in [0.5, 0.6) is 5.75 Å². The van der Waals surface area contributed by atoms with Gasteiger partial charge in [0.25, 0.3) is 0 Å². The van der Waals surface area contributed by atoms with Gasteiger partial charge in [-0.3, -0.25) is 0 Å². The summed E-state index contributed by atoms with van der Waals surface area (Å²) in [6.07, 6.45) is 2.05. The first-order chi connectivity index (χ1) is 8.13. The van der Waals surface area contributed by atoms with Gasteiger partial charge in [-0.1, -0.05) is 12.1 Å². The number of ether oxygens (including phenoxy) is 1. The predicted molar refractivity (Wildman–Crippen MR) is 67.9 cm³/mol. The molecule has 0 saturated heterocycles. The van der Waals surface area contributed by atoms with Crippen molar-refractivity contribution >= 4 is 11.8 Å². The van der Waals surface area contributed by atoms with E-state index in [1.54, 1.807) is 23.9 Å². The van der Waals surface area contributed by atoms with Crippen LogP contribution in [0.1, 0.15) is 18.5 Å². The van der Waals surface area contributed by atoms with E-state index in [4.69, 9.17) is 0 Å². The quantitative estimate of drug-likeness (QED) is 0.761. The molecule has 5 heteroatoms. The van der Waals surface area contributed by atoms with Crippen LogP contribution < -0.4 is 10.1 Å². The molecule has 1 N–H and O–H groups in total. The van der Waals surface area contributed by atoms with Crippen LogP contribution in [-0.2, 0) is 0 Å². The van der Waals surface area contributed by atoms with E-state index in [-0.39, 0.29) is 11.8 Å². The lowest BCUT2D eigenvalue weighted by atomic mass is 10.1. The van der Waals surface area contributed by atoms with E-state index in [2.05, 4.69) is 10.1 Å². The molecule has 0 spiro atoms. The molecule has 0 aliphatic heterocycles. The Balaban J connectivity index is 2.57. The van der Waals surface area contributed by atoms with Gasteiger partial charge in [0, 0.05) is 18.3 Å². The summed E-state index contributed by atoms with van der Waals surface area (Å²) in [5, 5.41) is 3.32. The SMILES string of the molecule is CSCCNC(C)c1cccc(OC(F)F)c1. The van der Waals surface area contributed by atoms with E-state index >= 15 is 0 Å². The number of halogens is 2. The third kappa shape index (κ3) is 5.37. The van der Waals surface area contributed by atoms with E-state index in [0.29, 0.717) is 0 Å². The Hall–Kier alpha value is -0.810. The van der Waals surface area contributed by atoms with Gasteiger partial charge in [-0.2, -0.15) is 20.5 Å². The summed E-state index contributed by atoms with van der Waals surface area (Å²) in [6, 6.07) is 6.92. The van der Waals surface area contributed by atoms with Crippen molar-refractivity contribution < 1.29 is 13.5 Å². The number of nitrogens with one attached hydrogen (secondary N) is 1. The minimum Gasteiger partial charge on any atom is -0.435 e. The van der Waals surface area contributed by atoms with Crippen molar-refractivity contribution in [3.05, 3.63) is 29.8 Å². The number of rotatable bonds is 7. The summed E-state index contributed by atoms with van der Waals surface area (Å²) in [4.78, 5) is 0. The third-order valence-corrected chi connectivity index (χ3v) is 2.95. The molecular formula is C12H17F2NOS. The molecule has 96 valence electrons. The van der Waals surface area contributed by atoms with E-state index in [1.807, 2.05) is 19.2 Å². The fourth-order valence-electron chi connectivity index (χ4n) is 1.46. The van der Waals surface area contributed by atoms with Gasteiger partial charge in [0.1, 0.15) is 5.75 Å². The van der Waals surface area contributed by atoms with Gasteiger partial charge in [0.2, 0.25) is 0 Å². The summed E-state index contributed by atoms with van der Waals surface area (Å²) in [7, 11) is 0. The molecule has 1 aromatic rings. The van der Waals surface area contributed by atoms with Crippen molar-refractivity contribution in [1.29, 1.82) is 0 Å². The number of alkyl halides is 2. The average Bonchev–Trinajstić information content (AvgIpc) is 2.28. The topological polar surface area (TPSA) is 21.3 Å². The van der Waals surface area contributed by atoms with Crippen molar-refractivity contribution in [3.63, 3.8) is 0 Å². The Morgan fingerprint density at radius 1 is 1.41 bits per heavy atom. The van der Waals surface area contributed by atoms with E-state index in [9.17, 15) is 8.78 Å². The molecule has 1 rings (SSSR count). The van der Waals surface area contributed by atoms with Crippen molar-refractivity contribution in [3.8, 4) is 5.75 Å². The molecule has 0 heterocycles. The van der Waals surface area contributed by atoms with Crippen molar-refractivity contribution in [2.24, 2.45) is 0 Å². The normalized spacial score (nSPS) is 12.8. The van der Waals surface area contributed by atoms with Crippen molar-refractivity contribution in [2.45, 2.75) is 19.6 Å². The number of hydrogen-bond acceptors (Lipinski definition) is 3. The summed E-state index contributed by atoms with van der Waals surface area (Å²) in [6.45, 7) is 0.120. The Labute approximate surface area is 105 Å². The van der Waals surface area contributed by atoms with Gasteiger partial charge in [0.15, 0.2) is 0 Å². The zero-order valence-electron chi connectivity index (χ0n) is 9.95. The first-order valence-electron chi connectivity index (χ1n) is 5.40. The Morgan fingerprint density at radius 2 is 2.18 bits per heavy atom. The highest BCUT2D eigenvalue weighted by Gasteiger charge is 2.08. The average molecular weight is 261 g/mol. The van der Waals surface area contributed by atoms with Gasteiger partial charge in [0.05, 0.1) is 0 Å². The Kier molecular flexibility index (Phi) is 6.29. The summed E-state index contributed by atoms with van der Waals surface area (Å²) >= 11 is 1.76. The van der Waals surface area contributed by atoms with Crippen molar-refractivity contribution in [1.82, 2.24) is 5.32 Å². The lowest BCUT2D eigenvalue weighted by molar-refractivity contribution is -0.0499. The van der Waals surface area contributed by atoms with Crippen molar-refractivity contribution in [2.75, 3.05) is 18.6 Å². The van der Waals surface area contributed by atoms with Crippen LogP contribution in [0.2, 0.25) is 0 Å². The van der Waals surface area contributed by atoms with Gasteiger partial charge in [-0.05, 0) is 30.9 Å². The van der Waals surface area contributed by atoms with Crippen LogP contribution in [0, 0.1) is 0 Å². The molecule has 0 aliphatic carbocycles. The molecule has 0 aromatic heterocycles. The Morgan fingerprint density at radius 3 is 2.82 bits per heavy atom. The maximum Gasteiger partial charge on any atom is 0.387 e. The molecule has 1 atom stereocenters. The number of thioether (sulfide) groups is 1. The zero-order chi connectivity index (χ0) is 12.7. The number of benzene rings is 1. The lowest BCUT2D eigenvalue weighted by Crippen LogP contribution is -2.21. The maximum atomic E-state index is 12.1. The van der Waals surface area contributed by atoms with E-state index in [0.717, 1.165) is 17.9 Å². The zero-order valence-corrected chi connectivity index (χ0v) is 10.8. The first kappa shape index (κ1) is 14.3. The molecule has 2 nitrogen and oxygen atoms in total. The summed E-state index contributed by atoms with van der Waals surface area (Å²) in [5.74, 6) is 1.23. The standard InChI is InChI=1S/C12H17F2NOS/c1-9(15-6-7-17-2)10-4-3-5-11(8-10)16-12(13)14/h3-5,8-9,12,15H,6-7H2,1-2H3. The van der Waals surface area contributed by atoms with Gasteiger partial charge >= 0.3 is 6.61 Å². The fourth-order valence-corrected chi connectivity index (χ4v) is 1.78. The largest absolute Gasteiger partial charge is 0.435 e. The highest BCUT2D eigenvalue weighted by atomic mass is 32.2. The molecule has 0 amide bonds. The summed E-state index contributed by atoms with van der Waals surface area (Å²) < 4.78 is 28.5. The summed E-state index contributed by atoms with van der Waals surface area (Å²) in [5.41, 5.74) is 0.948. The van der Waals surface area contributed by atoms with E-state index in [1.165, 1.54) is 6.07 Å². The van der Waals surface area contributed by atoms with Crippen LogP contribution in [0.25, 0.3) is 0 Å². The predicted octanol–water partition coefficient (Wildman–Crippen LogP) is 3.30. The first-order valence-corrected chi connectivity index (χ1v) is 6.80. The van der Waals surface area contributed by atoms with Crippen LogP contribution in [0.3, 0.4) is 0 Å². The molecule has 17 heavy (non-hydrogen) atoms. The second-order valence-electron chi connectivity index (χ2n) is 3.62. The van der Waals surface area contributed by atoms with Gasteiger partial charge in [-0.25, -0.2) is 0 Å². The second-order valence-corrected chi connectivity index (χ2v) is 4.61. The molecule has 0 fully saturated rings.